The molecule has 1 saturated heterocycles. The standard InChI is InChI=1S/C25H31N3O/c1-18-10-12-21(13-11-18)24-16-23(22-9-6-7-19(2)15-22)26-28(24)25(29)17-27-14-5-4-8-20(27)3/h6-7,9-13,15,20,24H,4-5,8,14,16-17H2,1-3H3/t20-,24+/m0/s1. The van der Waals surface area contributed by atoms with Gasteiger partial charge in [-0.15, -0.1) is 0 Å². The van der Waals surface area contributed by atoms with E-state index in [-0.39, 0.29) is 11.9 Å². The van der Waals surface area contributed by atoms with Crippen molar-refractivity contribution in [2.24, 2.45) is 5.10 Å². The number of benzene rings is 2. The molecule has 4 heteroatoms. The molecule has 0 unspecified atom stereocenters. The zero-order chi connectivity index (χ0) is 20.4. The predicted molar refractivity (Wildman–Crippen MR) is 118 cm³/mol. The van der Waals surface area contributed by atoms with Gasteiger partial charge in [0, 0.05) is 12.5 Å². The van der Waals surface area contributed by atoms with Crippen molar-refractivity contribution < 1.29 is 4.79 Å². The summed E-state index contributed by atoms with van der Waals surface area (Å²) in [6, 6.07) is 17.4. The topological polar surface area (TPSA) is 35.9 Å². The highest BCUT2D eigenvalue weighted by atomic mass is 16.2. The van der Waals surface area contributed by atoms with Gasteiger partial charge < -0.3 is 0 Å². The largest absolute Gasteiger partial charge is 0.292 e. The summed E-state index contributed by atoms with van der Waals surface area (Å²) in [5, 5.41) is 6.60. The number of hydrogen-bond acceptors (Lipinski definition) is 3. The van der Waals surface area contributed by atoms with E-state index < -0.39 is 0 Å². The van der Waals surface area contributed by atoms with Crippen molar-refractivity contribution >= 4 is 11.6 Å². The molecule has 4 rings (SSSR count). The number of piperidine rings is 1. The van der Waals surface area contributed by atoms with Crippen molar-refractivity contribution in [1.82, 2.24) is 9.91 Å². The average molecular weight is 390 g/mol. The normalized spacial score (nSPS) is 22.6. The lowest BCUT2D eigenvalue weighted by atomic mass is 9.97. The maximum Gasteiger partial charge on any atom is 0.257 e. The minimum atomic E-state index is -0.0290. The second-order valence-electron chi connectivity index (χ2n) is 8.60. The van der Waals surface area contributed by atoms with Crippen LogP contribution in [-0.2, 0) is 4.79 Å². The van der Waals surface area contributed by atoms with Crippen LogP contribution in [0.25, 0.3) is 0 Å². The Bertz CT molecular complexity index is 903. The van der Waals surface area contributed by atoms with Gasteiger partial charge in [0.2, 0.25) is 0 Å². The van der Waals surface area contributed by atoms with E-state index in [1.165, 1.54) is 30.4 Å². The summed E-state index contributed by atoms with van der Waals surface area (Å²) in [6.07, 6.45) is 4.37. The summed E-state index contributed by atoms with van der Waals surface area (Å²) in [5.74, 6) is 0.104. The van der Waals surface area contributed by atoms with Gasteiger partial charge in [-0.25, -0.2) is 5.01 Å². The molecule has 2 heterocycles. The number of amides is 1. The van der Waals surface area contributed by atoms with Crippen molar-refractivity contribution in [1.29, 1.82) is 0 Å². The van der Waals surface area contributed by atoms with Crippen molar-refractivity contribution in [3.63, 3.8) is 0 Å². The average Bonchev–Trinajstić information content (AvgIpc) is 3.16. The zero-order valence-electron chi connectivity index (χ0n) is 17.8. The van der Waals surface area contributed by atoms with Crippen LogP contribution >= 0.6 is 0 Å². The van der Waals surface area contributed by atoms with Crippen LogP contribution in [0.5, 0.6) is 0 Å². The number of carbonyl (C=O) groups is 1. The second kappa shape index (κ2) is 8.50. The van der Waals surface area contributed by atoms with E-state index in [9.17, 15) is 4.79 Å². The van der Waals surface area contributed by atoms with E-state index in [1.54, 1.807) is 5.01 Å². The summed E-state index contributed by atoms with van der Waals surface area (Å²) >= 11 is 0. The maximum absolute atomic E-state index is 13.3. The van der Waals surface area contributed by atoms with Crippen molar-refractivity contribution in [3.8, 4) is 0 Å². The molecule has 2 atom stereocenters. The lowest BCUT2D eigenvalue weighted by Gasteiger charge is -2.34. The fourth-order valence-corrected chi connectivity index (χ4v) is 4.43. The molecule has 152 valence electrons. The Balaban J connectivity index is 1.61. The van der Waals surface area contributed by atoms with Gasteiger partial charge in [-0.3, -0.25) is 9.69 Å². The number of hydrazone groups is 1. The lowest BCUT2D eigenvalue weighted by molar-refractivity contribution is -0.135. The molecule has 2 aliphatic rings. The molecule has 2 aliphatic heterocycles. The highest BCUT2D eigenvalue weighted by Crippen LogP contribution is 2.33. The van der Waals surface area contributed by atoms with Gasteiger partial charge in [0.05, 0.1) is 18.3 Å². The van der Waals surface area contributed by atoms with Gasteiger partial charge in [0.1, 0.15) is 0 Å². The number of nitrogens with zero attached hydrogens (tertiary/aromatic N) is 3. The first-order valence-electron chi connectivity index (χ1n) is 10.8. The Morgan fingerprint density at radius 3 is 2.59 bits per heavy atom. The van der Waals surface area contributed by atoms with E-state index in [0.717, 1.165) is 29.8 Å². The van der Waals surface area contributed by atoms with Crippen molar-refractivity contribution in [3.05, 3.63) is 70.8 Å². The minimum Gasteiger partial charge on any atom is -0.292 e. The number of carbonyl (C=O) groups excluding carboxylic acids is 1. The first kappa shape index (κ1) is 19.8. The molecule has 0 radical (unpaired) electrons. The fourth-order valence-electron chi connectivity index (χ4n) is 4.43. The van der Waals surface area contributed by atoms with Crippen LogP contribution in [0.3, 0.4) is 0 Å². The number of likely N-dealkylation sites (tertiary alicyclic amines) is 1. The molecule has 0 saturated carbocycles. The predicted octanol–water partition coefficient (Wildman–Crippen LogP) is 4.86. The molecular weight excluding hydrogens is 358 g/mol. The Kier molecular flexibility index (Phi) is 5.81. The van der Waals surface area contributed by atoms with Crippen LogP contribution in [0.15, 0.2) is 53.6 Å². The van der Waals surface area contributed by atoms with Gasteiger partial charge >= 0.3 is 0 Å². The molecular formula is C25H31N3O. The van der Waals surface area contributed by atoms with Crippen molar-refractivity contribution in [2.75, 3.05) is 13.1 Å². The Labute approximate surface area is 174 Å². The lowest BCUT2D eigenvalue weighted by Crippen LogP contribution is -2.44. The molecule has 2 aromatic carbocycles. The minimum absolute atomic E-state index is 0.0290. The monoisotopic (exact) mass is 389 g/mol. The molecule has 0 aliphatic carbocycles. The summed E-state index contributed by atoms with van der Waals surface area (Å²) in [6.45, 7) is 7.87. The van der Waals surface area contributed by atoms with E-state index in [0.29, 0.717) is 12.6 Å². The Morgan fingerprint density at radius 2 is 1.86 bits per heavy atom. The summed E-state index contributed by atoms with van der Waals surface area (Å²) in [5.41, 5.74) is 5.71. The summed E-state index contributed by atoms with van der Waals surface area (Å²) in [7, 11) is 0. The fraction of sp³-hybridized carbons (Fsp3) is 0.440. The number of aryl methyl sites for hydroxylation is 2. The zero-order valence-corrected chi connectivity index (χ0v) is 17.8. The summed E-state index contributed by atoms with van der Waals surface area (Å²) in [4.78, 5) is 15.6. The Hall–Kier alpha value is -2.46. The molecule has 0 N–H and O–H groups in total. The highest BCUT2D eigenvalue weighted by molar-refractivity contribution is 6.03. The SMILES string of the molecule is Cc1ccc([C@H]2CC(c3cccc(C)c3)=NN2C(=O)CN2CCCC[C@@H]2C)cc1. The Morgan fingerprint density at radius 1 is 1.07 bits per heavy atom. The molecule has 0 aromatic heterocycles. The number of hydrogen-bond donors (Lipinski definition) is 0. The van der Waals surface area contributed by atoms with Gasteiger partial charge in [-0.1, -0.05) is 66.1 Å². The van der Waals surface area contributed by atoms with Crippen LogP contribution in [0.4, 0.5) is 0 Å². The maximum atomic E-state index is 13.3. The molecule has 1 amide bonds. The van der Waals surface area contributed by atoms with Crippen LogP contribution in [-0.4, -0.2) is 40.7 Å². The summed E-state index contributed by atoms with van der Waals surface area (Å²) < 4.78 is 0. The van der Waals surface area contributed by atoms with Crippen LogP contribution in [0.1, 0.15) is 60.9 Å². The van der Waals surface area contributed by atoms with Crippen LogP contribution < -0.4 is 0 Å². The van der Waals surface area contributed by atoms with Gasteiger partial charge in [0.15, 0.2) is 0 Å². The molecule has 29 heavy (non-hydrogen) atoms. The first-order chi connectivity index (χ1) is 14.0. The molecule has 0 bridgehead atoms. The molecule has 0 spiro atoms. The van der Waals surface area contributed by atoms with E-state index >= 15 is 0 Å². The van der Waals surface area contributed by atoms with Gasteiger partial charge in [-0.2, -0.15) is 5.10 Å². The smallest absolute Gasteiger partial charge is 0.257 e. The quantitative estimate of drug-likeness (QED) is 0.749. The van der Waals surface area contributed by atoms with Crippen LogP contribution in [0, 0.1) is 13.8 Å². The molecule has 4 nitrogen and oxygen atoms in total. The number of rotatable bonds is 4. The highest BCUT2D eigenvalue weighted by Gasteiger charge is 2.34. The molecule has 2 aromatic rings. The molecule has 1 fully saturated rings. The first-order valence-corrected chi connectivity index (χ1v) is 10.8. The van der Waals surface area contributed by atoms with Gasteiger partial charge in [-0.05, 0) is 51.3 Å². The van der Waals surface area contributed by atoms with Crippen LogP contribution in [0.2, 0.25) is 0 Å². The third-order valence-corrected chi connectivity index (χ3v) is 6.26. The van der Waals surface area contributed by atoms with E-state index in [4.69, 9.17) is 5.10 Å². The van der Waals surface area contributed by atoms with E-state index in [2.05, 4.69) is 74.2 Å². The third-order valence-electron chi connectivity index (χ3n) is 6.26. The van der Waals surface area contributed by atoms with Crippen molar-refractivity contribution in [2.45, 2.75) is 58.5 Å². The van der Waals surface area contributed by atoms with E-state index in [1.807, 2.05) is 0 Å². The van der Waals surface area contributed by atoms with Gasteiger partial charge in [0.25, 0.3) is 5.91 Å². The second-order valence-corrected chi connectivity index (χ2v) is 8.60. The third kappa shape index (κ3) is 4.43.